The number of hydrogen-bond acceptors (Lipinski definition) is 4. The van der Waals surface area contributed by atoms with Crippen molar-refractivity contribution in [3.8, 4) is 0 Å². The third-order valence-corrected chi connectivity index (χ3v) is 3.95. The second-order valence-electron chi connectivity index (χ2n) is 3.68. The molecular formula is C9H16N4O2S2. The maximum Gasteiger partial charge on any atom is 0.262 e. The number of nitrogens with zero attached hydrogens (tertiary/aromatic N) is 3. The summed E-state index contributed by atoms with van der Waals surface area (Å²) in [5.74, 6) is 0. The van der Waals surface area contributed by atoms with Crippen molar-refractivity contribution in [1.82, 2.24) is 13.9 Å². The van der Waals surface area contributed by atoms with Crippen molar-refractivity contribution < 1.29 is 8.42 Å². The molecule has 0 spiro atoms. The molecular weight excluding hydrogens is 260 g/mol. The van der Waals surface area contributed by atoms with E-state index in [1.54, 1.807) is 11.6 Å². The summed E-state index contributed by atoms with van der Waals surface area (Å²) in [5, 5.41) is 0.0182. The average molecular weight is 276 g/mol. The number of rotatable bonds is 6. The van der Waals surface area contributed by atoms with E-state index in [0.717, 1.165) is 0 Å². The van der Waals surface area contributed by atoms with Gasteiger partial charge < -0.3 is 10.3 Å². The minimum absolute atomic E-state index is 0.0182. The van der Waals surface area contributed by atoms with Crippen molar-refractivity contribution in [2.24, 2.45) is 12.8 Å². The van der Waals surface area contributed by atoms with E-state index < -0.39 is 10.0 Å². The number of imidazole rings is 1. The van der Waals surface area contributed by atoms with E-state index in [2.05, 4.69) is 4.98 Å². The number of nitrogens with two attached hydrogens (primary N) is 1. The van der Waals surface area contributed by atoms with E-state index in [1.165, 1.54) is 16.8 Å². The van der Waals surface area contributed by atoms with E-state index in [9.17, 15) is 8.42 Å². The number of sulfonamides is 1. The van der Waals surface area contributed by atoms with Crippen molar-refractivity contribution >= 4 is 27.2 Å². The Morgan fingerprint density at radius 2 is 2.29 bits per heavy atom. The van der Waals surface area contributed by atoms with Gasteiger partial charge in [0.25, 0.3) is 10.0 Å². The van der Waals surface area contributed by atoms with Crippen molar-refractivity contribution in [3.63, 3.8) is 0 Å². The van der Waals surface area contributed by atoms with Gasteiger partial charge in [-0.3, -0.25) is 0 Å². The van der Waals surface area contributed by atoms with Gasteiger partial charge in [-0.15, -0.1) is 0 Å². The van der Waals surface area contributed by atoms with E-state index in [-0.39, 0.29) is 16.6 Å². The van der Waals surface area contributed by atoms with Crippen LogP contribution in [0.5, 0.6) is 0 Å². The molecule has 0 aliphatic carbocycles. The molecule has 1 heterocycles. The molecule has 0 bridgehead atoms. The van der Waals surface area contributed by atoms with Gasteiger partial charge in [0.2, 0.25) is 0 Å². The molecule has 0 saturated carbocycles. The Balaban J connectivity index is 3.03. The fourth-order valence-corrected chi connectivity index (χ4v) is 3.08. The molecule has 0 amide bonds. The monoisotopic (exact) mass is 276 g/mol. The minimum atomic E-state index is -3.60. The zero-order chi connectivity index (χ0) is 13.1. The van der Waals surface area contributed by atoms with Gasteiger partial charge in [0.15, 0.2) is 5.03 Å². The molecule has 0 fully saturated rings. The summed E-state index contributed by atoms with van der Waals surface area (Å²) >= 11 is 4.76. The molecule has 1 aromatic rings. The number of aromatic nitrogens is 2. The van der Waals surface area contributed by atoms with Gasteiger partial charge in [0.1, 0.15) is 0 Å². The van der Waals surface area contributed by atoms with Gasteiger partial charge in [0.05, 0.1) is 17.9 Å². The molecule has 1 aromatic heterocycles. The smallest absolute Gasteiger partial charge is 0.262 e. The highest BCUT2D eigenvalue weighted by Gasteiger charge is 2.26. The molecule has 96 valence electrons. The summed E-state index contributed by atoms with van der Waals surface area (Å²) < 4.78 is 27.2. The van der Waals surface area contributed by atoms with Crippen LogP contribution in [0.4, 0.5) is 0 Å². The Kier molecular flexibility index (Phi) is 4.61. The highest BCUT2D eigenvalue weighted by Crippen LogP contribution is 2.13. The summed E-state index contributed by atoms with van der Waals surface area (Å²) in [6, 6.07) is 0. The molecule has 0 aliphatic heterocycles. The Labute approximate surface area is 106 Å². The Bertz CT molecular complexity index is 495. The second kappa shape index (κ2) is 5.56. The van der Waals surface area contributed by atoms with Crippen LogP contribution in [-0.2, 0) is 17.1 Å². The molecule has 6 nitrogen and oxygen atoms in total. The number of thiocarbonyl (C=S) groups is 1. The van der Waals surface area contributed by atoms with Crippen LogP contribution in [-0.4, -0.2) is 40.4 Å². The Morgan fingerprint density at radius 1 is 1.65 bits per heavy atom. The number of aryl methyl sites for hydroxylation is 1. The quantitative estimate of drug-likeness (QED) is 0.746. The van der Waals surface area contributed by atoms with Crippen LogP contribution in [0.2, 0.25) is 0 Å². The molecule has 0 saturated heterocycles. The van der Waals surface area contributed by atoms with Crippen LogP contribution in [0.15, 0.2) is 17.6 Å². The third kappa shape index (κ3) is 3.48. The van der Waals surface area contributed by atoms with Crippen LogP contribution < -0.4 is 5.73 Å². The topological polar surface area (TPSA) is 81.2 Å². The first-order valence-electron chi connectivity index (χ1n) is 5.14. The lowest BCUT2D eigenvalue weighted by Crippen LogP contribution is -2.38. The highest BCUT2D eigenvalue weighted by atomic mass is 32.2. The maximum atomic E-state index is 12.2. The fourth-order valence-electron chi connectivity index (χ4n) is 1.36. The van der Waals surface area contributed by atoms with Crippen LogP contribution in [0.1, 0.15) is 13.3 Å². The molecule has 0 atom stereocenters. The second-order valence-corrected chi connectivity index (χ2v) is 6.09. The zero-order valence-corrected chi connectivity index (χ0v) is 11.5. The first-order chi connectivity index (χ1) is 7.87. The molecule has 0 unspecified atom stereocenters. The largest absolute Gasteiger partial charge is 0.392 e. The fraction of sp³-hybridized carbons (Fsp3) is 0.556. The summed E-state index contributed by atoms with van der Waals surface area (Å²) in [6.45, 7) is 2.30. The zero-order valence-electron chi connectivity index (χ0n) is 9.83. The van der Waals surface area contributed by atoms with Crippen molar-refractivity contribution in [2.75, 3.05) is 13.1 Å². The van der Waals surface area contributed by atoms with Gasteiger partial charge >= 0.3 is 0 Å². The Hall–Kier alpha value is -0.990. The maximum absolute atomic E-state index is 12.2. The van der Waals surface area contributed by atoms with E-state index in [4.69, 9.17) is 18.0 Å². The molecule has 0 radical (unpaired) electrons. The average Bonchev–Trinajstić information content (AvgIpc) is 2.64. The highest BCUT2D eigenvalue weighted by molar-refractivity contribution is 7.89. The normalized spacial score (nSPS) is 11.9. The number of hydrogen-bond donors (Lipinski definition) is 1. The first-order valence-corrected chi connectivity index (χ1v) is 6.99. The van der Waals surface area contributed by atoms with Gasteiger partial charge in [-0.25, -0.2) is 13.4 Å². The molecule has 2 N–H and O–H groups in total. The predicted molar refractivity (Wildman–Crippen MR) is 69.0 cm³/mol. The molecule has 17 heavy (non-hydrogen) atoms. The summed E-state index contributed by atoms with van der Waals surface area (Å²) in [5.41, 5.74) is 5.40. The van der Waals surface area contributed by atoms with Gasteiger partial charge in [0, 0.05) is 19.8 Å². The SMILES string of the molecule is CCCN(CC(N)=S)S(=O)(=O)c1cn(C)cn1. The lowest BCUT2D eigenvalue weighted by Gasteiger charge is -2.19. The van der Waals surface area contributed by atoms with Crippen molar-refractivity contribution in [3.05, 3.63) is 12.5 Å². The predicted octanol–water partition coefficient (Wildman–Crippen LogP) is 0.107. The molecule has 0 aromatic carbocycles. The standard InChI is InChI=1S/C9H16N4O2S2/c1-3-4-13(5-8(10)16)17(14,15)9-6-12(2)7-11-9/h6-7H,3-5H2,1-2H3,(H2,10,16). The van der Waals surface area contributed by atoms with Crippen LogP contribution >= 0.6 is 12.2 Å². The first kappa shape index (κ1) is 14.1. The lowest BCUT2D eigenvalue weighted by atomic mass is 10.5. The Morgan fingerprint density at radius 3 is 2.71 bits per heavy atom. The summed E-state index contributed by atoms with van der Waals surface area (Å²) in [4.78, 5) is 4.00. The molecule has 0 aliphatic rings. The summed E-state index contributed by atoms with van der Waals surface area (Å²) in [6.07, 6.45) is 3.59. The van der Waals surface area contributed by atoms with Crippen LogP contribution in [0, 0.1) is 0 Å². The minimum Gasteiger partial charge on any atom is -0.392 e. The van der Waals surface area contributed by atoms with Gasteiger partial charge in [-0.2, -0.15) is 4.31 Å². The third-order valence-electron chi connectivity index (χ3n) is 2.09. The van der Waals surface area contributed by atoms with Gasteiger partial charge in [-0.1, -0.05) is 19.1 Å². The molecule has 1 rings (SSSR count). The summed E-state index contributed by atoms with van der Waals surface area (Å²) in [7, 11) is -1.89. The van der Waals surface area contributed by atoms with E-state index in [1.807, 2.05) is 6.92 Å². The van der Waals surface area contributed by atoms with E-state index in [0.29, 0.717) is 13.0 Å². The lowest BCUT2D eigenvalue weighted by molar-refractivity contribution is 0.447. The van der Waals surface area contributed by atoms with Crippen LogP contribution in [0.3, 0.4) is 0 Å². The van der Waals surface area contributed by atoms with Crippen molar-refractivity contribution in [1.29, 1.82) is 0 Å². The van der Waals surface area contributed by atoms with Crippen molar-refractivity contribution in [2.45, 2.75) is 18.4 Å². The van der Waals surface area contributed by atoms with Gasteiger partial charge in [-0.05, 0) is 6.42 Å². The molecule has 8 heteroatoms. The van der Waals surface area contributed by atoms with E-state index >= 15 is 0 Å². The van der Waals surface area contributed by atoms with Crippen LogP contribution in [0.25, 0.3) is 0 Å².